The van der Waals surface area contributed by atoms with Gasteiger partial charge < -0.3 is 33.6 Å². The van der Waals surface area contributed by atoms with Gasteiger partial charge in [0.1, 0.15) is 17.6 Å². The van der Waals surface area contributed by atoms with E-state index in [1.807, 2.05) is 0 Å². The summed E-state index contributed by atoms with van der Waals surface area (Å²) in [6.07, 6.45) is 0.448. The van der Waals surface area contributed by atoms with Crippen LogP contribution in [0.4, 0.5) is 10.5 Å². The molecule has 0 radical (unpaired) electrons. The van der Waals surface area contributed by atoms with Crippen molar-refractivity contribution >= 4 is 11.7 Å². The van der Waals surface area contributed by atoms with Crippen LogP contribution in [0, 0.1) is 6.92 Å². The van der Waals surface area contributed by atoms with Crippen molar-refractivity contribution < 1.29 is 28.2 Å². The summed E-state index contributed by atoms with van der Waals surface area (Å²) in [5, 5.41) is 2.84. The van der Waals surface area contributed by atoms with Gasteiger partial charge in [0.15, 0.2) is 11.5 Å². The summed E-state index contributed by atoms with van der Waals surface area (Å²) in [4.78, 5) is 25.8. The second-order valence-electron chi connectivity index (χ2n) is 6.54. The van der Waals surface area contributed by atoms with Gasteiger partial charge >= 0.3 is 11.7 Å². The molecule has 156 valence electrons. The molecule has 1 atom stereocenters. The smallest absolute Gasteiger partial charge is 0.339 e. The minimum atomic E-state index is -0.463. The van der Waals surface area contributed by atoms with Crippen LogP contribution in [0.5, 0.6) is 23.0 Å². The van der Waals surface area contributed by atoms with Gasteiger partial charge in [-0.1, -0.05) is 0 Å². The van der Waals surface area contributed by atoms with Gasteiger partial charge in [0, 0.05) is 31.2 Å². The molecule has 1 aromatic heterocycles. The number of urea groups is 1. The first kappa shape index (κ1) is 20.4. The van der Waals surface area contributed by atoms with Gasteiger partial charge in [-0.25, -0.2) is 9.59 Å². The number of carbonyl (C=O) groups excluding carboxylic acids is 1. The highest BCUT2D eigenvalue weighted by Gasteiger charge is 2.28. The number of methoxy groups -OCH3 is 3. The lowest BCUT2D eigenvalue weighted by Crippen LogP contribution is -2.34. The maximum Gasteiger partial charge on any atom is 0.339 e. The SMILES string of the molecule is COc1cc(NC(=O)N2CCC(Oc3cc(C)oc(=O)c3)C2)cc(OC)c1OC. The number of rotatable bonds is 6. The maximum absolute atomic E-state index is 12.7. The number of carbonyl (C=O) groups is 1. The normalized spacial score (nSPS) is 15.7. The van der Waals surface area contributed by atoms with Gasteiger partial charge in [-0.05, 0) is 6.92 Å². The molecule has 3 rings (SSSR count). The summed E-state index contributed by atoms with van der Waals surface area (Å²) in [6, 6.07) is 6.00. The summed E-state index contributed by atoms with van der Waals surface area (Å²) < 4.78 is 26.7. The Kier molecular flexibility index (Phi) is 6.16. The predicted octanol–water partition coefficient (Wildman–Crippen LogP) is 2.66. The van der Waals surface area contributed by atoms with Crippen molar-refractivity contribution in [3.05, 3.63) is 40.4 Å². The van der Waals surface area contributed by atoms with Crippen molar-refractivity contribution in [2.45, 2.75) is 19.4 Å². The van der Waals surface area contributed by atoms with Crippen LogP contribution >= 0.6 is 0 Å². The Morgan fingerprint density at radius 1 is 1.10 bits per heavy atom. The molecule has 0 saturated carbocycles. The van der Waals surface area contributed by atoms with E-state index in [1.54, 1.807) is 30.0 Å². The molecule has 0 bridgehead atoms. The molecule has 1 saturated heterocycles. The van der Waals surface area contributed by atoms with Crippen LogP contribution in [0.3, 0.4) is 0 Å². The highest BCUT2D eigenvalue weighted by Crippen LogP contribution is 2.40. The van der Waals surface area contributed by atoms with Gasteiger partial charge in [-0.15, -0.1) is 0 Å². The van der Waals surface area contributed by atoms with Crippen LogP contribution in [0.25, 0.3) is 0 Å². The fourth-order valence-corrected chi connectivity index (χ4v) is 3.20. The number of amides is 2. The number of hydrogen-bond donors (Lipinski definition) is 1. The van der Waals surface area contributed by atoms with Crippen LogP contribution in [0.15, 0.2) is 33.5 Å². The van der Waals surface area contributed by atoms with E-state index in [-0.39, 0.29) is 12.1 Å². The van der Waals surface area contributed by atoms with Crippen molar-refractivity contribution in [1.29, 1.82) is 0 Å². The largest absolute Gasteiger partial charge is 0.493 e. The zero-order valence-electron chi connectivity index (χ0n) is 16.8. The molecule has 2 amide bonds. The van der Waals surface area contributed by atoms with E-state index in [1.165, 1.54) is 27.4 Å². The van der Waals surface area contributed by atoms with Crippen molar-refractivity contribution in [3.8, 4) is 23.0 Å². The van der Waals surface area contributed by atoms with Crippen LogP contribution in [-0.2, 0) is 0 Å². The maximum atomic E-state index is 12.7. The molecular weight excluding hydrogens is 380 g/mol. The number of nitrogens with zero attached hydrogens (tertiary/aromatic N) is 1. The highest BCUT2D eigenvalue weighted by molar-refractivity contribution is 5.90. The number of likely N-dealkylation sites (tertiary alicyclic amines) is 1. The fourth-order valence-electron chi connectivity index (χ4n) is 3.20. The zero-order valence-corrected chi connectivity index (χ0v) is 16.8. The molecule has 1 N–H and O–H groups in total. The second-order valence-corrected chi connectivity index (χ2v) is 6.54. The van der Waals surface area contributed by atoms with E-state index in [0.29, 0.717) is 54.0 Å². The Labute approximate surface area is 168 Å². The topological polar surface area (TPSA) is 99.5 Å². The Balaban J connectivity index is 1.65. The van der Waals surface area contributed by atoms with Gasteiger partial charge in [0.05, 0.1) is 39.6 Å². The Bertz CT molecular complexity index is 916. The Hall–Kier alpha value is -3.36. The van der Waals surface area contributed by atoms with Crippen molar-refractivity contribution in [3.63, 3.8) is 0 Å². The van der Waals surface area contributed by atoms with Gasteiger partial charge in [-0.3, -0.25) is 0 Å². The van der Waals surface area contributed by atoms with E-state index < -0.39 is 5.63 Å². The van der Waals surface area contributed by atoms with Gasteiger partial charge in [0.25, 0.3) is 0 Å². The van der Waals surface area contributed by atoms with E-state index in [0.717, 1.165) is 0 Å². The number of aryl methyl sites for hydroxylation is 1. The van der Waals surface area contributed by atoms with E-state index in [9.17, 15) is 9.59 Å². The van der Waals surface area contributed by atoms with E-state index in [4.69, 9.17) is 23.4 Å². The lowest BCUT2D eigenvalue weighted by molar-refractivity contribution is 0.193. The number of anilines is 1. The lowest BCUT2D eigenvalue weighted by Gasteiger charge is -2.19. The summed E-state index contributed by atoms with van der Waals surface area (Å²) in [6.45, 7) is 2.61. The average molecular weight is 404 g/mol. The number of benzene rings is 1. The molecule has 29 heavy (non-hydrogen) atoms. The molecule has 1 aromatic carbocycles. The number of nitrogens with one attached hydrogen (secondary N) is 1. The lowest BCUT2D eigenvalue weighted by atomic mass is 10.2. The van der Waals surface area contributed by atoms with Gasteiger partial charge in [-0.2, -0.15) is 0 Å². The molecule has 1 aliphatic heterocycles. The Morgan fingerprint density at radius 3 is 2.38 bits per heavy atom. The summed E-state index contributed by atoms with van der Waals surface area (Å²) in [7, 11) is 4.54. The van der Waals surface area contributed by atoms with Crippen LogP contribution in [-0.4, -0.2) is 51.5 Å². The van der Waals surface area contributed by atoms with Crippen LogP contribution < -0.4 is 29.9 Å². The van der Waals surface area contributed by atoms with Crippen LogP contribution in [0.2, 0.25) is 0 Å². The molecule has 1 unspecified atom stereocenters. The average Bonchev–Trinajstić information content (AvgIpc) is 3.14. The second kappa shape index (κ2) is 8.76. The Morgan fingerprint density at radius 2 is 1.79 bits per heavy atom. The quantitative estimate of drug-likeness (QED) is 0.790. The first-order valence-electron chi connectivity index (χ1n) is 9.08. The molecular formula is C20H24N2O7. The minimum absolute atomic E-state index is 0.207. The van der Waals surface area contributed by atoms with Crippen LogP contribution in [0.1, 0.15) is 12.2 Å². The third-order valence-corrected chi connectivity index (χ3v) is 4.52. The highest BCUT2D eigenvalue weighted by atomic mass is 16.5. The minimum Gasteiger partial charge on any atom is -0.493 e. The summed E-state index contributed by atoms with van der Waals surface area (Å²) >= 11 is 0. The third-order valence-electron chi connectivity index (χ3n) is 4.52. The van der Waals surface area contributed by atoms with E-state index >= 15 is 0 Å². The zero-order chi connectivity index (χ0) is 21.0. The molecule has 9 nitrogen and oxygen atoms in total. The number of hydrogen-bond acceptors (Lipinski definition) is 7. The van der Waals surface area contributed by atoms with Crippen molar-refractivity contribution in [2.75, 3.05) is 39.7 Å². The molecule has 0 aliphatic carbocycles. The standard InChI is InChI=1S/C20H24N2O7/c1-12-7-15(10-18(23)28-12)29-14-5-6-22(11-14)20(24)21-13-8-16(25-2)19(27-4)17(9-13)26-3/h7-10,14H,5-6,11H2,1-4H3,(H,21,24). The molecule has 1 fully saturated rings. The molecule has 9 heteroatoms. The first-order chi connectivity index (χ1) is 13.9. The summed E-state index contributed by atoms with van der Waals surface area (Å²) in [5.74, 6) is 2.26. The van der Waals surface area contributed by atoms with Crippen molar-refractivity contribution in [2.24, 2.45) is 0 Å². The molecule has 1 aliphatic rings. The molecule has 2 heterocycles. The monoisotopic (exact) mass is 404 g/mol. The van der Waals surface area contributed by atoms with Crippen molar-refractivity contribution in [1.82, 2.24) is 4.90 Å². The first-order valence-corrected chi connectivity index (χ1v) is 9.08. The molecule has 0 spiro atoms. The number of ether oxygens (including phenoxy) is 4. The summed E-state index contributed by atoms with van der Waals surface area (Å²) in [5.41, 5.74) is 0.0557. The van der Waals surface area contributed by atoms with Gasteiger partial charge in [0.2, 0.25) is 5.75 Å². The predicted molar refractivity (Wildman–Crippen MR) is 105 cm³/mol. The van der Waals surface area contributed by atoms with E-state index in [2.05, 4.69) is 5.32 Å². The molecule has 2 aromatic rings. The fraction of sp³-hybridized carbons (Fsp3) is 0.400. The third kappa shape index (κ3) is 4.74.